The van der Waals surface area contributed by atoms with Crippen molar-refractivity contribution in [3.05, 3.63) is 11.4 Å². The summed E-state index contributed by atoms with van der Waals surface area (Å²) in [6, 6.07) is 0. The largest absolute Gasteiger partial charge is 0.395 e. The Hall–Kier alpha value is -1.17. The molecule has 3 N–H and O–H groups in total. The maximum absolute atomic E-state index is 12.0. The number of aromatic nitrogens is 2. The van der Waals surface area contributed by atoms with Crippen molar-refractivity contribution in [1.82, 2.24) is 15.1 Å². The minimum atomic E-state index is -0.173. The molecule has 0 bridgehead atoms. The molecular formula is C11H20N4OS. The van der Waals surface area contributed by atoms with E-state index in [1.54, 1.807) is 25.7 Å². The predicted octanol–water partition coefficient (Wildman–Crippen LogP) is 1.18. The number of nitrogens with two attached hydrogens (primary N) is 1. The van der Waals surface area contributed by atoms with Crippen LogP contribution in [0.1, 0.15) is 30.0 Å². The molecule has 0 unspecified atom stereocenters. The lowest BCUT2D eigenvalue weighted by molar-refractivity contribution is 0.0942. The molecule has 0 saturated carbocycles. The summed E-state index contributed by atoms with van der Waals surface area (Å²) in [6.45, 7) is 6.54. The minimum Gasteiger partial charge on any atom is -0.395 e. The fourth-order valence-corrected chi connectivity index (χ4v) is 1.61. The van der Waals surface area contributed by atoms with Gasteiger partial charge in [0.25, 0.3) is 5.91 Å². The third-order valence-electron chi connectivity index (χ3n) is 2.71. The van der Waals surface area contributed by atoms with Crippen molar-refractivity contribution in [2.75, 3.05) is 18.5 Å². The van der Waals surface area contributed by atoms with Crippen molar-refractivity contribution < 1.29 is 4.79 Å². The summed E-state index contributed by atoms with van der Waals surface area (Å²) >= 11 is 1.71. The van der Waals surface area contributed by atoms with Gasteiger partial charge in [0.15, 0.2) is 0 Å². The van der Waals surface area contributed by atoms with Crippen molar-refractivity contribution in [3.63, 3.8) is 0 Å². The zero-order valence-electron chi connectivity index (χ0n) is 11.0. The molecule has 0 fully saturated rings. The fraction of sp³-hybridized carbons (Fsp3) is 0.636. The molecular weight excluding hydrogens is 236 g/mol. The molecule has 0 aliphatic heterocycles. The van der Waals surface area contributed by atoms with Crippen molar-refractivity contribution in [3.8, 4) is 0 Å². The first-order valence-electron chi connectivity index (χ1n) is 5.41. The maximum Gasteiger partial charge on any atom is 0.271 e. The van der Waals surface area contributed by atoms with Crippen molar-refractivity contribution in [1.29, 1.82) is 0 Å². The van der Waals surface area contributed by atoms with Gasteiger partial charge in [0.1, 0.15) is 5.69 Å². The van der Waals surface area contributed by atoms with Gasteiger partial charge in [0.05, 0.1) is 11.4 Å². The summed E-state index contributed by atoms with van der Waals surface area (Å²) < 4.78 is 1.53. The average molecular weight is 256 g/mol. The summed E-state index contributed by atoms with van der Waals surface area (Å²) in [6.07, 6.45) is 2.02. The number of nitrogens with one attached hydrogen (secondary N) is 1. The first-order valence-corrected chi connectivity index (χ1v) is 6.63. The molecule has 0 aliphatic carbocycles. The molecule has 1 heterocycles. The molecule has 0 radical (unpaired) electrons. The Morgan fingerprint density at radius 3 is 2.59 bits per heavy atom. The number of carbonyl (C=O) groups excluding carboxylic acids is 1. The van der Waals surface area contributed by atoms with E-state index in [1.807, 2.05) is 6.26 Å². The minimum absolute atomic E-state index is 0.0120. The second-order valence-corrected chi connectivity index (χ2v) is 6.13. The lowest BCUT2D eigenvalue weighted by Crippen LogP contribution is -2.37. The van der Waals surface area contributed by atoms with Gasteiger partial charge in [-0.15, -0.1) is 0 Å². The highest BCUT2D eigenvalue weighted by Crippen LogP contribution is 2.20. The molecule has 0 aliphatic rings. The van der Waals surface area contributed by atoms with Gasteiger partial charge < -0.3 is 11.1 Å². The monoisotopic (exact) mass is 256 g/mol. The molecule has 0 spiro atoms. The van der Waals surface area contributed by atoms with E-state index >= 15 is 0 Å². The van der Waals surface area contributed by atoms with Gasteiger partial charge in [0, 0.05) is 18.3 Å². The van der Waals surface area contributed by atoms with Crippen LogP contribution in [0.5, 0.6) is 0 Å². The third-order valence-corrected chi connectivity index (χ3v) is 3.96. The summed E-state index contributed by atoms with van der Waals surface area (Å²) in [5.41, 5.74) is 7.39. The van der Waals surface area contributed by atoms with E-state index in [2.05, 4.69) is 24.3 Å². The van der Waals surface area contributed by atoms with Crippen LogP contribution in [0.4, 0.5) is 5.69 Å². The Kier molecular flexibility index (Phi) is 4.08. The second kappa shape index (κ2) is 5.00. The van der Waals surface area contributed by atoms with Gasteiger partial charge in [-0.3, -0.25) is 9.48 Å². The van der Waals surface area contributed by atoms with E-state index in [1.165, 1.54) is 4.68 Å². The fourth-order valence-electron chi connectivity index (χ4n) is 1.39. The smallest absolute Gasteiger partial charge is 0.271 e. The molecule has 6 heteroatoms. The van der Waals surface area contributed by atoms with Crippen molar-refractivity contribution >= 4 is 23.4 Å². The number of aryl methyl sites for hydroxylation is 2. The van der Waals surface area contributed by atoms with E-state index in [4.69, 9.17) is 5.73 Å². The molecule has 1 aromatic heterocycles. The van der Waals surface area contributed by atoms with E-state index < -0.39 is 0 Å². The van der Waals surface area contributed by atoms with Gasteiger partial charge in [-0.1, -0.05) is 0 Å². The van der Waals surface area contributed by atoms with Crippen LogP contribution in [0.3, 0.4) is 0 Å². The standard InChI is InChI=1S/C11H20N4OS/c1-7-8(12)9(15(4)14-7)10(16)13-6-11(2,3)17-5/h6,12H2,1-5H3,(H,13,16). The number of nitrogen functional groups attached to an aromatic ring is 1. The third kappa shape index (κ3) is 3.15. The lowest BCUT2D eigenvalue weighted by atomic mass is 10.2. The molecule has 5 nitrogen and oxygen atoms in total. The Balaban J connectivity index is 2.78. The van der Waals surface area contributed by atoms with E-state index in [9.17, 15) is 4.79 Å². The number of hydrogen-bond acceptors (Lipinski definition) is 4. The SMILES string of the molecule is CSC(C)(C)CNC(=O)c1c(N)c(C)nn1C. The highest BCUT2D eigenvalue weighted by Gasteiger charge is 2.21. The topological polar surface area (TPSA) is 72.9 Å². The average Bonchev–Trinajstić information content (AvgIpc) is 2.50. The van der Waals surface area contributed by atoms with Crippen LogP contribution in [0.25, 0.3) is 0 Å². The first kappa shape index (κ1) is 13.9. The molecule has 0 atom stereocenters. The summed E-state index contributed by atoms with van der Waals surface area (Å²) in [5, 5.41) is 7.01. The molecule has 1 aromatic rings. The molecule has 96 valence electrons. The molecule has 1 rings (SSSR count). The molecule has 0 aromatic carbocycles. The zero-order valence-corrected chi connectivity index (χ0v) is 11.8. The number of nitrogens with zero attached hydrogens (tertiary/aromatic N) is 2. The van der Waals surface area contributed by atoms with Crippen LogP contribution in [0, 0.1) is 6.92 Å². The zero-order chi connectivity index (χ0) is 13.2. The lowest BCUT2D eigenvalue weighted by Gasteiger charge is -2.22. The number of amides is 1. The molecule has 17 heavy (non-hydrogen) atoms. The van der Waals surface area contributed by atoms with E-state index in [0.717, 1.165) is 0 Å². The highest BCUT2D eigenvalue weighted by atomic mass is 32.2. The van der Waals surface area contributed by atoms with Crippen molar-refractivity contribution in [2.24, 2.45) is 7.05 Å². The van der Waals surface area contributed by atoms with Crippen LogP contribution < -0.4 is 11.1 Å². The van der Waals surface area contributed by atoms with Gasteiger partial charge >= 0.3 is 0 Å². The van der Waals surface area contributed by atoms with Gasteiger partial charge in [-0.05, 0) is 27.0 Å². The predicted molar refractivity (Wildman–Crippen MR) is 72.3 cm³/mol. The molecule has 0 saturated heterocycles. The van der Waals surface area contributed by atoms with Crippen LogP contribution in [0.15, 0.2) is 0 Å². The number of hydrogen-bond donors (Lipinski definition) is 2. The maximum atomic E-state index is 12.0. The summed E-state index contributed by atoms with van der Waals surface area (Å²) in [5.74, 6) is -0.173. The van der Waals surface area contributed by atoms with Gasteiger partial charge in [0.2, 0.25) is 0 Å². The van der Waals surface area contributed by atoms with E-state index in [0.29, 0.717) is 23.6 Å². The summed E-state index contributed by atoms with van der Waals surface area (Å²) in [7, 11) is 1.72. The van der Waals surface area contributed by atoms with Gasteiger partial charge in [-0.25, -0.2) is 0 Å². The number of anilines is 1. The van der Waals surface area contributed by atoms with Crippen LogP contribution >= 0.6 is 11.8 Å². The normalized spacial score (nSPS) is 11.6. The highest BCUT2D eigenvalue weighted by molar-refractivity contribution is 7.99. The molecule has 1 amide bonds. The van der Waals surface area contributed by atoms with Gasteiger partial charge in [-0.2, -0.15) is 16.9 Å². The number of carbonyl (C=O) groups is 1. The Morgan fingerprint density at radius 2 is 2.18 bits per heavy atom. The quantitative estimate of drug-likeness (QED) is 0.848. The Bertz CT molecular complexity index is 425. The summed E-state index contributed by atoms with van der Waals surface area (Å²) in [4.78, 5) is 12.0. The second-order valence-electron chi connectivity index (χ2n) is 4.62. The Morgan fingerprint density at radius 1 is 1.59 bits per heavy atom. The Labute approximate surface area is 106 Å². The van der Waals surface area contributed by atoms with Crippen LogP contribution in [0.2, 0.25) is 0 Å². The van der Waals surface area contributed by atoms with Crippen LogP contribution in [-0.2, 0) is 7.05 Å². The van der Waals surface area contributed by atoms with E-state index in [-0.39, 0.29) is 10.7 Å². The van der Waals surface area contributed by atoms with Crippen LogP contribution in [-0.4, -0.2) is 33.2 Å². The first-order chi connectivity index (χ1) is 7.78. The number of rotatable bonds is 4. The van der Waals surface area contributed by atoms with Crippen molar-refractivity contribution in [2.45, 2.75) is 25.5 Å². The number of thioether (sulfide) groups is 1.